The quantitative estimate of drug-likeness (QED) is 0.524. The van der Waals surface area contributed by atoms with Crippen molar-refractivity contribution in [1.82, 2.24) is 4.98 Å². The van der Waals surface area contributed by atoms with Gasteiger partial charge in [-0.05, 0) is 0 Å². The van der Waals surface area contributed by atoms with E-state index < -0.39 is 0 Å². The van der Waals surface area contributed by atoms with E-state index in [2.05, 4.69) is 25.0 Å². The first kappa shape index (κ1) is 11.1. The summed E-state index contributed by atoms with van der Waals surface area (Å²) in [5.41, 5.74) is 1.11. The van der Waals surface area contributed by atoms with Gasteiger partial charge < -0.3 is 4.98 Å². The molecule has 0 spiro atoms. The van der Waals surface area contributed by atoms with Crippen molar-refractivity contribution in [1.29, 1.82) is 0 Å². The van der Waals surface area contributed by atoms with E-state index >= 15 is 0 Å². The first-order valence-electron chi connectivity index (χ1n) is 3.40. The van der Waals surface area contributed by atoms with Crippen LogP contribution in [0.25, 0.3) is 0 Å². The standard InChI is InChI=1S/C8H10N.ClH.Zn/c1-7(2)8-5-3-4-6-9-8;;/h3-5,7H,1-2H3;1H;/q-1;;+2/p-1. The third-order valence-electron chi connectivity index (χ3n) is 1.22. The molecule has 0 bridgehead atoms. The van der Waals surface area contributed by atoms with Crippen LogP contribution in [0.2, 0.25) is 0 Å². The number of pyridine rings is 1. The number of rotatable bonds is 1. The zero-order chi connectivity index (χ0) is 8.69. The maximum atomic E-state index is 4.76. The molecule has 0 aliphatic rings. The van der Waals surface area contributed by atoms with Crippen LogP contribution in [-0.2, 0) is 17.3 Å². The molecule has 1 heterocycles. The molecule has 11 heavy (non-hydrogen) atoms. The van der Waals surface area contributed by atoms with Crippen LogP contribution in [0, 0.1) is 6.20 Å². The Morgan fingerprint density at radius 1 is 1.55 bits per heavy atom. The molecule has 0 saturated heterocycles. The molecule has 0 N–H and O–H groups in total. The first-order valence-corrected chi connectivity index (χ1v) is 7.30. The Balaban J connectivity index is 0.000000461. The summed E-state index contributed by atoms with van der Waals surface area (Å²) in [6.45, 7) is 4.24. The van der Waals surface area contributed by atoms with Crippen LogP contribution in [0.4, 0.5) is 0 Å². The molecule has 0 aromatic carbocycles. The van der Waals surface area contributed by atoms with Crippen molar-refractivity contribution in [3.05, 3.63) is 30.1 Å². The molecule has 0 saturated carbocycles. The van der Waals surface area contributed by atoms with Crippen molar-refractivity contribution in [2.75, 3.05) is 0 Å². The molecule has 1 aromatic rings. The van der Waals surface area contributed by atoms with Gasteiger partial charge in [0.25, 0.3) is 0 Å². The normalized spacial score (nSPS) is 8.91. The minimum atomic E-state index is 0.516. The van der Waals surface area contributed by atoms with E-state index in [4.69, 9.17) is 9.69 Å². The van der Waals surface area contributed by atoms with Gasteiger partial charge in [0.15, 0.2) is 0 Å². The molecule has 0 radical (unpaired) electrons. The minimum absolute atomic E-state index is 0.516. The van der Waals surface area contributed by atoms with E-state index in [-0.39, 0.29) is 0 Å². The molecule has 0 unspecified atom stereocenters. The van der Waals surface area contributed by atoms with E-state index in [1.54, 1.807) is 0 Å². The van der Waals surface area contributed by atoms with Gasteiger partial charge in [0.05, 0.1) is 0 Å². The Morgan fingerprint density at radius 3 is 2.45 bits per heavy atom. The summed E-state index contributed by atoms with van der Waals surface area (Å²) < 4.78 is 0. The van der Waals surface area contributed by atoms with Gasteiger partial charge in [-0.25, -0.2) is 0 Å². The van der Waals surface area contributed by atoms with Gasteiger partial charge in [0, 0.05) is 0 Å². The van der Waals surface area contributed by atoms with Crippen molar-refractivity contribution >= 4 is 9.69 Å². The van der Waals surface area contributed by atoms with Gasteiger partial charge in [-0.3, -0.25) is 0 Å². The predicted molar refractivity (Wildman–Crippen MR) is 43.0 cm³/mol. The van der Waals surface area contributed by atoms with Crippen LogP contribution < -0.4 is 0 Å². The van der Waals surface area contributed by atoms with Crippen molar-refractivity contribution in [3.63, 3.8) is 0 Å². The number of hydrogen-bond acceptors (Lipinski definition) is 1. The van der Waals surface area contributed by atoms with Gasteiger partial charge in [0.1, 0.15) is 0 Å². The Kier molecular flexibility index (Phi) is 6.79. The summed E-state index contributed by atoms with van der Waals surface area (Å²) >= 11 is 0.847. The SMILES string of the molecule is CC(C)c1ccc[c-]n1.[Cl][Zn+]. The average molecular weight is 221 g/mol. The van der Waals surface area contributed by atoms with Crippen LogP contribution in [-0.4, -0.2) is 4.98 Å². The molecular formula is C8H10ClNZn. The second-order valence-electron chi connectivity index (χ2n) is 2.35. The first-order chi connectivity index (χ1) is 5.30. The van der Waals surface area contributed by atoms with E-state index in [0.29, 0.717) is 5.92 Å². The maximum absolute atomic E-state index is 4.76. The number of nitrogens with zero attached hydrogens (tertiary/aromatic N) is 1. The van der Waals surface area contributed by atoms with Gasteiger partial charge in [-0.1, -0.05) is 31.7 Å². The molecule has 1 aromatic heterocycles. The molecule has 0 amide bonds. The molecule has 0 atom stereocenters. The van der Waals surface area contributed by atoms with E-state index in [1.807, 2.05) is 18.2 Å². The van der Waals surface area contributed by atoms with Crippen molar-refractivity contribution in [2.24, 2.45) is 0 Å². The molecule has 1 rings (SSSR count). The van der Waals surface area contributed by atoms with Gasteiger partial charge in [0.2, 0.25) is 0 Å². The summed E-state index contributed by atoms with van der Waals surface area (Å²) in [4.78, 5) is 4.05. The molecule has 0 aliphatic heterocycles. The number of halogens is 1. The van der Waals surface area contributed by atoms with E-state index in [0.717, 1.165) is 23.0 Å². The van der Waals surface area contributed by atoms with Crippen molar-refractivity contribution in [2.45, 2.75) is 19.8 Å². The molecule has 56 valence electrons. The summed E-state index contributed by atoms with van der Waals surface area (Å²) in [5, 5.41) is 0. The third kappa shape index (κ3) is 4.50. The number of aromatic nitrogens is 1. The topological polar surface area (TPSA) is 12.9 Å². The molecule has 0 aliphatic carbocycles. The number of hydrogen-bond donors (Lipinski definition) is 0. The predicted octanol–water partition coefficient (Wildman–Crippen LogP) is 2.69. The Morgan fingerprint density at radius 2 is 2.18 bits per heavy atom. The van der Waals surface area contributed by atoms with Crippen LogP contribution in [0.15, 0.2) is 18.2 Å². The summed E-state index contributed by atoms with van der Waals surface area (Å²) in [5.74, 6) is 0.516. The fraction of sp³-hybridized carbons (Fsp3) is 0.375. The van der Waals surface area contributed by atoms with Crippen molar-refractivity contribution in [3.8, 4) is 0 Å². The Hall–Kier alpha value is 0.0634. The third-order valence-corrected chi connectivity index (χ3v) is 1.22. The fourth-order valence-electron chi connectivity index (χ4n) is 0.660. The second-order valence-corrected chi connectivity index (χ2v) is 2.35. The van der Waals surface area contributed by atoms with Gasteiger partial charge >= 0.3 is 27.0 Å². The fourth-order valence-corrected chi connectivity index (χ4v) is 0.660. The Labute approximate surface area is 81.9 Å². The molecular weight excluding hydrogens is 211 g/mol. The zero-order valence-electron chi connectivity index (χ0n) is 6.84. The summed E-state index contributed by atoms with van der Waals surface area (Å²) in [7, 11) is 4.76. The summed E-state index contributed by atoms with van der Waals surface area (Å²) in [6, 6.07) is 5.79. The van der Waals surface area contributed by atoms with Crippen LogP contribution in [0.1, 0.15) is 25.5 Å². The van der Waals surface area contributed by atoms with E-state index in [9.17, 15) is 0 Å². The van der Waals surface area contributed by atoms with Gasteiger partial charge in [-0.15, -0.1) is 0 Å². The van der Waals surface area contributed by atoms with Gasteiger partial charge in [-0.2, -0.15) is 18.2 Å². The monoisotopic (exact) mass is 219 g/mol. The van der Waals surface area contributed by atoms with Crippen molar-refractivity contribution < 1.29 is 17.3 Å². The Bertz CT molecular complexity index is 177. The second kappa shape index (κ2) is 6.75. The summed E-state index contributed by atoms with van der Waals surface area (Å²) in [6.07, 6.45) is 2.79. The molecule has 3 heteroatoms. The van der Waals surface area contributed by atoms with Crippen LogP contribution in [0.3, 0.4) is 0 Å². The molecule has 1 nitrogen and oxygen atoms in total. The average Bonchev–Trinajstić information content (AvgIpc) is 2.10. The van der Waals surface area contributed by atoms with E-state index in [1.165, 1.54) is 0 Å². The van der Waals surface area contributed by atoms with Crippen LogP contribution >= 0.6 is 9.69 Å². The molecule has 0 fully saturated rings. The zero-order valence-corrected chi connectivity index (χ0v) is 10.6. The van der Waals surface area contributed by atoms with Crippen LogP contribution in [0.5, 0.6) is 0 Å².